The summed E-state index contributed by atoms with van der Waals surface area (Å²) >= 11 is 0. The number of oxazole rings is 1. The van der Waals surface area contributed by atoms with Crippen LogP contribution in [-0.4, -0.2) is 57.4 Å². The van der Waals surface area contributed by atoms with Crippen LogP contribution in [0.4, 0.5) is 4.79 Å². The van der Waals surface area contributed by atoms with Crippen molar-refractivity contribution in [1.82, 2.24) is 19.7 Å². The fraction of sp³-hybridized carbons (Fsp3) is 0.478. The number of piperidine rings is 1. The number of hydrogen-bond donors (Lipinski definition) is 1. The van der Waals surface area contributed by atoms with Crippen LogP contribution in [0.1, 0.15) is 33.1 Å². The lowest BCUT2D eigenvalue weighted by Crippen LogP contribution is -2.56. The Bertz CT molecular complexity index is 1140. The number of carbonyl (C=O) groups is 3. The first kappa shape index (κ1) is 21.9. The molecule has 2 fully saturated rings. The Hall–Kier alpha value is -3.36. The van der Waals surface area contributed by atoms with Gasteiger partial charge in [0.05, 0.1) is 12.1 Å². The van der Waals surface area contributed by atoms with Crippen LogP contribution in [0.2, 0.25) is 0 Å². The molecule has 2 aromatic rings. The Morgan fingerprint density at radius 3 is 2.53 bits per heavy atom. The molecule has 1 atom stereocenters. The van der Waals surface area contributed by atoms with Crippen molar-refractivity contribution >= 4 is 28.9 Å². The van der Waals surface area contributed by atoms with E-state index in [9.17, 15) is 19.2 Å². The molecule has 0 spiro atoms. The number of nitrogens with one attached hydrogen (secondary N) is 1. The molecule has 2 aliphatic heterocycles. The van der Waals surface area contributed by atoms with Crippen molar-refractivity contribution < 1.29 is 18.8 Å². The molecule has 9 nitrogen and oxygen atoms in total. The average Bonchev–Trinajstić information content (AvgIpc) is 3.22. The van der Waals surface area contributed by atoms with E-state index in [-0.39, 0.29) is 36.9 Å². The fourth-order valence-electron chi connectivity index (χ4n) is 4.88. The Morgan fingerprint density at radius 2 is 1.88 bits per heavy atom. The Labute approximate surface area is 185 Å². The van der Waals surface area contributed by atoms with E-state index in [1.165, 1.54) is 9.47 Å². The summed E-state index contributed by atoms with van der Waals surface area (Å²) in [5.41, 5.74) is 0.827. The van der Waals surface area contributed by atoms with E-state index >= 15 is 0 Å². The van der Waals surface area contributed by atoms with Gasteiger partial charge in [-0.3, -0.25) is 19.1 Å². The molecule has 4 amide bonds. The van der Waals surface area contributed by atoms with Crippen molar-refractivity contribution in [1.29, 1.82) is 0 Å². The monoisotopic (exact) mass is 440 g/mol. The highest BCUT2D eigenvalue weighted by atomic mass is 16.4. The molecule has 3 heterocycles. The fourth-order valence-corrected chi connectivity index (χ4v) is 4.88. The number of urea groups is 1. The van der Waals surface area contributed by atoms with Crippen LogP contribution in [0.3, 0.4) is 0 Å². The number of benzene rings is 1. The molecule has 1 aromatic heterocycles. The summed E-state index contributed by atoms with van der Waals surface area (Å²) in [5.74, 6) is -1.01. The van der Waals surface area contributed by atoms with Crippen LogP contribution in [0, 0.1) is 5.92 Å². The quantitative estimate of drug-likeness (QED) is 0.547. The SMILES string of the molecule is C=C(C)CN1C(=O)N[C@@](CC)(C2CCN(C(=O)Cn3c(=O)oc4ccccc43)CC2)C1=O. The number of aromatic nitrogens is 1. The normalized spacial score (nSPS) is 21.9. The average molecular weight is 441 g/mol. The van der Waals surface area contributed by atoms with Gasteiger partial charge < -0.3 is 14.6 Å². The number of rotatable bonds is 6. The third-order valence-electron chi connectivity index (χ3n) is 6.60. The molecular weight excluding hydrogens is 412 g/mol. The summed E-state index contributed by atoms with van der Waals surface area (Å²) in [5, 5.41) is 2.94. The lowest BCUT2D eigenvalue weighted by molar-refractivity contribution is -0.136. The molecule has 0 unspecified atom stereocenters. The minimum atomic E-state index is -0.945. The molecule has 1 N–H and O–H groups in total. The summed E-state index contributed by atoms with van der Waals surface area (Å²) in [7, 11) is 0. The largest absolute Gasteiger partial charge is 0.420 e. The predicted molar refractivity (Wildman–Crippen MR) is 118 cm³/mol. The number of hydrogen-bond acceptors (Lipinski definition) is 5. The second kappa shape index (κ2) is 8.29. The van der Waals surface area contributed by atoms with E-state index in [1.54, 1.807) is 36.1 Å². The van der Waals surface area contributed by atoms with Gasteiger partial charge in [-0.2, -0.15) is 0 Å². The molecule has 9 heteroatoms. The topological polar surface area (TPSA) is 105 Å². The molecule has 0 aliphatic carbocycles. The van der Waals surface area contributed by atoms with E-state index in [2.05, 4.69) is 11.9 Å². The summed E-state index contributed by atoms with van der Waals surface area (Å²) in [4.78, 5) is 53.7. The molecule has 2 saturated heterocycles. The Balaban J connectivity index is 1.44. The van der Waals surface area contributed by atoms with Gasteiger partial charge in [-0.1, -0.05) is 31.2 Å². The van der Waals surface area contributed by atoms with Crippen LogP contribution in [-0.2, 0) is 16.1 Å². The van der Waals surface area contributed by atoms with Crippen LogP contribution in [0.15, 0.2) is 45.6 Å². The maximum absolute atomic E-state index is 13.2. The minimum absolute atomic E-state index is 0.0689. The van der Waals surface area contributed by atoms with Crippen molar-refractivity contribution in [3.05, 3.63) is 47.0 Å². The van der Waals surface area contributed by atoms with Gasteiger partial charge in [0, 0.05) is 13.1 Å². The number of nitrogens with zero attached hydrogens (tertiary/aromatic N) is 3. The standard InChI is InChI=1S/C23H28N4O5/c1-4-23(20(29)27(13-15(2)3)21(30)24-23)16-9-11-25(12-10-16)19(28)14-26-17-7-5-6-8-18(17)32-22(26)31/h5-8,16H,2,4,9-14H2,1,3H3,(H,24,30)/t23-/m0/s1. The van der Waals surface area contributed by atoms with Crippen molar-refractivity contribution in [2.45, 2.75) is 45.2 Å². The third-order valence-corrected chi connectivity index (χ3v) is 6.60. The van der Waals surface area contributed by atoms with Crippen molar-refractivity contribution in [2.75, 3.05) is 19.6 Å². The predicted octanol–water partition coefficient (Wildman–Crippen LogP) is 2.11. The number of para-hydroxylation sites is 2. The lowest BCUT2D eigenvalue weighted by atomic mass is 9.75. The first-order valence-corrected chi connectivity index (χ1v) is 10.9. The molecule has 170 valence electrons. The molecule has 32 heavy (non-hydrogen) atoms. The van der Waals surface area contributed by atoms with Gasteiger partial charge in [-0.15, -0.1) is 0 Å². The van der Waals surface area contributed by atoms with Gasteiger partial charge in [-0.25, -0.2) is 9.59 Å². The first-order chi connectivity index (χ1) is 15.3. The molecule has 4 rings (SSSR count). The van der Waals surface area contributed by atoms with Gasteiger partial charge in [-0.05, 0) is 44.2 Å². The van der Waals surface area contributed by atoms with E-state index in [1.807, 2.05) is 6.92 Å². The lowest BCUT2D eigenvalue weighted by Gasteiger charge is -2.40. The number of amides is 4. The molecule has 0 saturated carbocycles. The van der Waals surface area contributed by atoms with Crippen molar-refractivity contribution in [3.8, 4) is 0 Å². The summed E-state index contributed by atoms with van der Waals surface area (Å²) in [6.07, 6.45) is 1.67. The van der Waals surface area contributed by atoms with Gasteiger partial charge in [0.25, 0.3) is 5.91 Å². The van der Waals surface area contributed by atoms with E-state index in [4.69, 9.17) is 4.42 Å². The zero-order chi connectivity index (χ0) is 23.0. The molecule has 0 bridgehead atoms. The van der Waals surface area contributed by atoms with Crippen LogP contribution in [0.25, 0.3) is 11.1 Å². The zero-order valence-electron chi connectivity index (χ0n) is 18.4. The highest BCUT2D eigenvalue weighted by Crippen LogP contribution is 2.36. The van der Waals surface area contributed by atoms with Gasteiger partial charge in [0.15, 0.2) is 5.58 Å². The van der Waals surface area contributed by atoms with E-state index < -0.39 is 11.3 Å². The molecular formula is C23H28N4O5. The zero-order valence-corrected chi connectivity index (χ0v) is 18.4. The first-order valence-electron chi connectivity index (χ1n) is 10.9. The molecule has 1 aromatic carbocycles. The summed E-state index contributed by atoms with van der Waals surface area (Å²) in [6.45, 7) is 8.52. The number of likely N-dealkylation sites (tertiary alicyclic amines) is 1. The Kier molecular flexibility index (Phi) is 5.66. The molecule has 2 aliphatic rings. The maximum Gasteiger partial charge on any atom is 0.420 e. The number of fused-ring (bicyclic) bond motifs is 1. The maximum atomic E-state index is 13.2. The van der Waals surface area contributed by atoms with Crippen LogP contribution >= 0.6 is 0 Å². The van der Waals surface area contributed by atoms with Crippen LogP contribution < -0.4 is 11.1 Å². The second-order valence-electron chi connectivity index (χ2n) is 8.68. The van der Waals surface area contributed by atoms with Gasteiger partial charge in [0.1, 0.15) is 12.1 Å². The van der Waals surface area contributed by atoms with Crippen LogP contribution in [0.5, 0.6) is 0 Å². The van der Waals surface area contributed by atoms with E-state index in [0.717, 1.165) is 5.57 Å². The van der Waals surface area contributed by atoms with E-state index in [0.29, 0.717) is 43.5 Å². The highest BCUT2D eigenvalue weighted by molar-refractivity contribution is 6.07. The second-order valence-corrected chi connectivity index (χ2v) is 8.68. The smallest absolute Gasteiger partial charge is 0.408 e. The summed E-state index contributed by atoms with van der Waals surface area (Å²) < 4.78 is 6.55. The Morgan fingerprint density at radius 1 is 1.19 bits per heavy atom. The van der Waals surface area contributed by atoms with Gasteiger partial charge in [0.2, 0.25) is 5.91 Å². The third kappa shape index (κ3) is 3.61. The van der Waals surface area contributed by atoms with Crippen molar-refractivity contribution in [3.63, 3.8) is 0 Å². The van der Waals surface area contributed by atoms with Gasteiger partial charge >= 0.3 is 11.8 Å². The minimum Gasteiger partial charge on any atom is -0.408 e. The number of imide groups is 1. The summed E-state index contributed by atoms with van der Waals surface area (Å²) in [6, 6.07) is 6.61. The highest BCUT2D eigenvalue weighted by Gasteiger charge is 2.54. The van der Waals surface area contributed by atoms with Crippen molar-refractivity contribution in [2.24, 2.45) is 5.92 Å². The number of carbonyl (C=O) groups excluding carboxylic acids is 3. The molecule has 0 radical (unpaired) electrons.